The van der Waals surface area contributed by atoms with Gasteiger partial charge in [-0.3, -0.25) is 4.79 Å². The number of alkyl halides is 1. The number of carbonyl (C=O) groups is 1. The zero-order valence-corrected chi connectivity index (χ0v) is 5.51. The number of nitrogens with one attached hydrogen (secondary N) is 1. The molecule has 1 aliphatic rings. The van der Waals surface area contributed by atoms with Gasteiger partial charge in [0.05, 0.1) is 6.42 Å². The summed E-state index contributed by atoms with van der Waals surface area (Å²) in [6.45, 7) is 0.304. The number of rotatable bonds is 2. The summed E-state index contributed by atoms with van der Waals surface area (Å²) >= 11 is 0. The van der Waals surface area contributed by atoms with Crippen molar-refractivity contribution in [1.29, 1.82) is 0 Å². The van der Waals surface area contributed by atoms with Crippen molar-refractivity contribution in [1.82, 2.24) is 5.32 Å². The zero-order valence-electron chi connectivity index (χ0n) is 5.51. The van der Waals surface area contributed by atoms with E-state index in [2.05, 4.69) is 5.32 Å². The minimum atomic E-state index is -0.869. The number of hydrogen-bond acceptors (Lipinski definition) is 2. The lowest BCUT2D eigenvalue weighted by molar-refractivity contribution is -0.137. The number of carboxylic acid groups (broad SMARTS) is 1. The largest absolute Gasteiger partial charge is 0.481 e. The van der Waals surface area contributed by atoms with E-state index in [9.17, 15) is 9.18 Å². The third-order valence-corrected chi connectivity index (χ3v) is 1.59. The van der Waals surface area contributed by atoms with Crippen LogP contribution in [0.4, 0.5) is 4.39 Å². The highest BCUT2D eigenvalue weighted by Crippen LogP contribution is 2.12. The highest BCUT2D eigenvalue weighted by molar-refractivity contribution is 5.67. The maximum absolute atomic E-state index is 12.4. The van der Waals surface area contributed by atoms with Gasteiger partial charge >= 0.3 is 5.97 Å². The third-order valence-electron chi connectivity index (χ3n) is 1.59. The van der Waals surface area contributed by atoms with Crippen LogP contribution in [0.15, 0.2) is 0 Å². The van der Waals surface area contributed by atoms with Gasteiger partial charge in [-0.05, 0) is 6.42 Å². The van der Waals surface area contributed by atoms with E-state index >= 15 is 0 Å². The highest BCUT2D eigenvalue weighted by atomic mass is 19.1. The predicted molar refractivity (Wildman–Crippen MR) is 33.6 cm³/mol. The van der Waals surface area contributed by atoms with Gasteiger partial charge in [0.25, 0.3) is 0 Å². The first-order chi connectivity index (χ1) is 4.68. The molecule has 1 rings (SSSR count). The molecule has 10 heavy (non-hydrogen) atoms. The molecule has 1 heterocycles. The number of hydrogen-bond donors (Lipinski definition) is 2. The molecule has 1 fully saturated rings. The number of halogens is 1. The molecule has 0 amide bonds. The van der Waals surface area contributed by atoms with E-state index < -0.39 is 12.1 Å². The second-order valence-electron chi connectivity index (χ2n) is 2.54. The standard InChI is InChI=1S/C6H10FNO2/c7-4-1-5(8-3-4)2-6(9)10/h4-5,8H,1-3H2,(H,9,10)/t4?,5-/m1/s1. The van der Waals surface area contributed by atoms with Crippen molar-refractivity contribution in [3.8, 4) is 0 Å². The Morgan fingerprint density at radius 3 is 2.90 bits per heavy atom. The first-order valence-corrected chi connectivity index (χ1v) is 3.27. The first kappa shape index (κ1) is 7.47. The van der Waals surface area contributed by atoms with Gasteiger partial charge in [0.1, 0.15) is 6.17 Å². The van der Waals surface area contributed by atoms with Crippen LogP contribution in [0.2, 0.25) is 0 Å². The molecular weight excluding hydrogens is 137 g/mol. The van der Waals surface area contributed by atoms with Crippen molar-refractivity contribution in [3.05, 3.63) is 0 Å². The molecule has 0 radical (unpaired) electrons. The Kier molecular flexibility index (Phi) is 2.21. The van der Waals surface area contributed by atoms with Gasteiger partial charge in [-0.25, -0.2) is 4.39 Å². The molecule has 1 aliphatic heterocycles. The van der Waals surface area contributed by atoms with E-state index in [1.165, 1.54) is 0 Å². The van der Waals surface area contributed by atoms with E-state index in [4.69, 9.17) is 5.11 Å². The second kappa shape index (κ2) is 2.96. The fourth-order valence-corrected chi connectivity index (χ4v) is 1.14. The van der Waals surface area contributed by atoms with Crippen LogP contribution in [-0.4, -0.2) is 29.8 Å². The number of carboxylic acids is 1. The Hall–Kier alpha value is -0.640. The zero-order chi connectivity index (χ0) is 7.56. The molecule has 0 aromatic carbocycles. The average Bonchev–Trinajstić information content (AvgIpc) is 2.13. The third kappa shape index (κ3) is 1.95. The van der Waals surface area contributed by atoms with E-state index in [1.54, 1.807) is 0 Å². The lowest BCUT2D eigenvalue weighted by Crippen LogP contribution is -2.24. The molecule has 0 aromatic heterocycles. The molecule has 0 aliphatic carbocycles. The molecule has 0 saturated carbocycles. The molecule has 0 aromatic rings. The Balaban J connectivity index is 2.24. The summed E-state index contributed by atoms with van der Waals surface area (Å²) in [5.41, 5.74) is 0. The Labute approximate surface area is 58.2 Å². The Morgan fingerprint density at radius 2 is 2.50 bits per heavy atom. The molecule has 1 saturated heterocycles. The first-order valence-electron chi connectivity index (χ1n) is 3.27. The molecule has 2 N–H and O–H groups in total. The van der Waals surface area contributed by atoms with Gasteiger partial charge < -0.3 is 10.4 Å². The van der Waals surface area contributed by atoms with Crippen LogP contribution < -0.4 is 5.32 Å². The summed E-state index contributed by atoms with van der Waals surface area (Å²) in [6, 6.07) is -0.160. The lowest BCUT2D eigenvalue weighted by atomic mass is 10.1. The van der Waals surface area contributed by atoms with Crippen LogP contribution in [0.3, 0.4) is 0 Å². The molecule has 0 spiro atoms. The van der Waals surface area contributed by atoms with Crippen molar-refractivity contribution in [2.75, 3.05) is 6.54 Å². The summed E-state index contributed by atoms with van der Waals surface area (Å²) in [5, 5.41) is 11.1. The molecule has 1 unspecified atom stereocenters. The van der Waals surface area contributed by atoms with Crippen LogP contribution in [0.5, 0.6) is 0 Å². The summed E-state index contributed by atoms with van der Waals surface area (Å²) in [4.78, 5) is 10.1. The second-order valence-corrected chi connectivity index (χ2v) is 2.54. The van der Waals surface area contributed by atoms with Crippen molar-refractivity contribution in [2.45, 2.75) is 25.1 Å². The molecule has 4 heteroatoms. The van der Waals surface area contributed by atoms with Crippen molar-refractivity contribution < 1.29 is 14.3 Å². The fraction of sp³-hybridized carbons (Fsp3) is 0.833. The normalized spacial score (nSPS) is 32.5. The minimum Gasteiger partial charge on any atom is -0.481 e. The van der Waals surface area contributed by atoms with Crippen LogP contribution in [0, 0.1) is 0 Å². The Bertz CT molecular complexity index is 140. The molecule has 3 nitrogen and oxygen atoms in total. The maximum atomic E-state index is 12.4. The van der Waals surface area contributed by atoms with Crippen LogP contribution in [0.1, 0.15) is 12.8 Å². The van der Waals surface area contributed by atoms with Crippen molar-refractivity contribution in [3.63, 3.8) is 0 Å². The van der Waals surface area contributed by atoms with Gasteiger partial charge in [0.2, 0.25) is 0 Å². The average molecular weight is 147 g/mol. The SMILES string of the molecule is O=C(O)C[C@H]1CC(F)CN1. The lowest BCUT2D eigenvalue weighted by Gasteiger charge is -2.03. The fourth-order valence-electron chi connectivity index (χ4n) is 1.14. The Morgan fingerprint density at radius 1 is 1.80 bits per heavy atom. The van der Waals surface area contributed by atoms with Crippen LogP contribution >= 0.6 is 0 Å². The van der Waals surface area contributed by atoms with Gasteiger partial charge in [-0.15, -0.1) is 0 Å². The quantitative estimate of drug-likeness (QED) is 0.585. The number of aliphatic carboxylic acids is 1. The predicted octanol–water partition coefficient (Wildman–Crippen LogP) is 0.161. The van der Waals surface area contributed by atoms with Gasteiger partial charge in [-0.1, -0.05) is 0 Å². The summed E-state index contributed by atoms with van der Waals surface area (Å²) < 4.78 is 12.4. The van der Waals surface area contributed by atoms with Gasteiger partial charge in [-0.2, -0.15) is 0 Å². The highest BCUT2D eigenvalue weighted by Gasteiger charge is 2.24. The summed E-state index contributed by atoms with van der Waals surface area (Å²) in [7, 11) is 0. The van der Waals surface area contributed by atoms with E-state index in [1.807, 2.05) is 0 Å². The van der Waals surface area contributed by atoms with Crippen LogP contribution in [-0.2, 0) is 4.79 Å². The van der Waals surface area contributed by atoms with Crippen molar-refractivity contribution >= 4 is 5.97 Å². The molecular formula is C6H10FNO2. The monoisotopic (exact) mass is 147 g/mol. The van der Waals surface area contributed by atoms with E-state index in [-0.39, 0.29) is 12.5 Å². The summed E-state index contributed by atoms with van der Waals surface area (Å²) in [5.74, 6) is -0.869. The van der Waals surface area contributed by atoms with E-state index in [0.717, 1.165) is 0 Å². The van der Waals surface area contributed by atoms with Gasteiger partial charge in [0, 0.05) is 12.6 Å². The van der Waals surface area contributed by atoms with Crippen molar-refractivity contribution in [2.24, 2.45) is 0 Å². The maximum Gasteiger partial charge on any atom is 0.304 e. The van der Waals surface area contributed by atoms with Crippen LogP contribution in [0.25, 0.3) is 0 Å². The molecule has 2 atom stereocenters. The van der Waals surface area contributed by atoms with E-state index in [0.29, 0.717) is 13.0 Å². The smallest absolute Gasteiger partial charge is 0.304 e. The molecule has 58 valence electrons. The minimum absolute atomic E-state index is 0.0282. The summed E-state index contributed by atoms with van der Waals surface area (Å²) in [6.07, 6.45) is -0.489. The van der Waals surface area contributed by atoms with Gasteiger partial charge in [0.15, 0.2) is 0 Å². The molecule has 0 bridgehead atoms. The topological polar surface area (TPSA) is 49.3 Å².